The summed E-state index contributed by atoms with van der Waals surface area (Å²) in [4.78, 5) is 13.0. The van der Waals surface area contributed by atoms with Gasteiger partial charge in [-0.1, -0.05) is 71.8 Å². The van der Waals surface area contributed by atoms with Crippen molar-refractivity contribution in [2.24, 2.45) is 11.0 Å². The third-order valence-corrected chi connectivity index (χ3v) is 5.93. The quantitative estimate of drug-likeness (QED) is 0.480. The molecule has 4 heteroatoms. The number of ether oxygens (including phenoxy) is 1. The standard InChI is InChI=1S/C26H26N2O2/c1-18-8-12-21(13-9-18)26(22-14-10-19(2)11-15-22)16-23(26)25(29)28-27-17-20-6-4-5-7-24(20)30-3/h4-15,17,23H,16H2,1-3H3,(H,28,29)/b27-17-/t23-/m0/s1. The van der Waals surface area contributed by atoms with Gasteiger partial charge >= 0.3 is 0 Å². The Labute approximate surface area is 177 Å². The Bertz CT molecular complexity index is 1020. The molecule has 1 fully saturated rings. The molecule has 1 amide bonds. The SMILES string of the molecule is COc1ccccc1/C=N\NC(=O)[C@@H]1CC1(c1ccc(C)cc1)c1ccc(C)cc1. The zero-order chi connectivity index (χ0) is 21.1. The molecule has 0 aromatic heterocycles. The Kier molecular flexibility index (Phi) is 5.40. The fraction of sp³-hybridized carbons (Fsp3) is 0.231. The monoisotopic (exact) mass is 398 g/mol. The number of aryl methyl sites for hydroxylation is 2. The number of amides is 1. The summed E-state index contributed by atoms with van der Waals surface area (Å²) >= 11 is 0. The van der Waals surface area contributed by atoms with Crippen molar-refractivity contribution in [1.29, 1.82) is 0 Å². The zero-order valence-electron chi connectivity index (χ0n) is 17.6. The molecule has 4 rings (SSSR count). The molecule has 0 spiro atoms. The van der Waals surface area contributed by atoms with Gasteiger partial charge in [0, 0.05) is 11.0 Å². The Balaban J connectivity index is 1.57. The van der Waals surface area contributed by atoms with Gasteiger partial charge in [0.15, 0.2) is 0 Å². The van der Waals surface area contributed by atoms with Crippen molar-refractivity contribution in [1.82, 2.24) is 5.43 Å². The van der Waals surface area contributed by atoms with E-state index < -0.39 is 0 Å². The molecular weight excluding hydrogens is 372 g/mol. The first kappa shape index (κ1) is 19.9. The summed E-state index contributed by atoms with van der Waals surface area (Å²) in [5.41, 5.74) is 8.02. The molecule has 0 radical (unpaired) electrons. The van der Waals surface area contributed by atoms with Crippen LogP contribution in [0.5, 0.6) is 5.75 Å². The van der Waals surface area contributed by atoms with E-state index in [1.54, 1.807) is 13.3 Å². The Morgan fingerprint density at radius 2 is 1.53 bits per heavy atom. The molecule has 0 unspecified atom stereocenters. The van der Waals surface area contributed by atoms with E-state index in [0.717, 1.165) is 17.7 Å². The zero-order valence-corrected chi connectivity index (χ0v) is 17.6. The van der Waals surface area contributed by atoms with Crippen LogP contribution in [0.15, 0.2) is 77.9 Å². The van der Waals surface area contributed by atoms with Gasteiger partial charge in [0.25, 0.3) is 0 Å². The van der Waals surface area contributed by atoms with Crippen LogP contribution in [-0.2, 0) is 10.2 Å². The van der Waals surface area contributed by atoms with Crippen LogP contribution in [0.1, 0.15) is 34.2 Å². The summed E-state index contributed by atoms with van der Waals surface area (Å²) in [5.74, 6) is 0.496. The second kappa shape index (κ2) is 8.15. The van der Waals surface area contributed by atoms with Crippen molar-refractivity contribution in [2.45, 2.75) is 25.7 Å². The van der Waals surface area contributed by atoms with E-state index in [-0.39, 0.29) is 17.2 Å². The molecule has 1 aliphatic rings. The van der Waals surface area contributed by atoms with Crippen LogP contribution < -0.4 is 10.2 Å². The first-order chi connectivity index (χ1) is 14.5. The lowest BCUT2D eigenvalue weighted by Crippen LogP contribution is -2.25. The number of hydrogen-bond donors (Lipinski definition) is 1. The molecule has 1 atom stereocenters. The summed E-state index contributed by atoms with van der Waals surface area (Å²) in [6.07, 6.45) is 2.40. The predicted octanol–water partition coefficient (Wildman–Crippen LogP) is 4.77. The summed E-state index contributed by atoms with van der Waals surface area (Å²) < 4.78 is 5.33. The second-order valence-corrected chi connectivity index (χ2v) is 7.94. The van der Waals surface area contributed by atoms with Crippen LogP contribution in [0.25, 0.3) is 0 Å². The molecule has 0 aliphatic heterocycles. The van der Waals surface area contributed by atoms with Crippen molar-refractivity contribution in [3.63, 3.8) is 0 Å². The summed E-state index contributed by atoms with van der Waals surface area (Å²) in [7, 11) is 1.62. The lowest BCUT2D eigenvalue weighted by molar-refractivity contribution is -0.122. The number of nitrogens with zero attached hydrogens (tertiary/aromatic N) is 1. The highest BCUT2D eigenvalue weighted by atomic mass is 16.5. The number of carbonyl (C=O) groups excluding carboxylic acids is 1. The minimum atomic E-state index is -0.300. The average Bonchev–Trinajstić information content (AvgIpc) is 3.52. The van der Waals surface area contributed by atoms with Crippen molar-refractivity contribution in [2.75, 3.05) is 7.11 Å². The smallest absolute Gasteiger partial charge is 0.244 e. The van der Waals surface area contributed by atoms with E-state index in [4.69, 9.17) is 4.74 Å². The van der Waals surface area contributed by atoms with Crippen molar-refractivity contribution in [3.8, 4) is 5.75 Å². The molecule has 1 saturated carbocycles. The molecule has 1 N–H and O–H groups in total. The van der Waals surface area contributed by atoms with Crippen LogP contribution in [0.2, 0.25) is 0 Å². The number of hydrazone groups is 1. The van der Waals surface area contributed by atoms with Gasteiger partial charge in [-0.3, -0.25) is 4.79 Å². The van der Waals surface area contributed by atoms with Crippen molar-refractivity contribution >= 4 is 12.1 Å². The van der Waals surface area contributed by atoms with E-state index in [9.17, 15) is 4.79 Å². The highest BCUT2D eigenvalue weighted by Crippen LogP contribution is 2.59. The molecular formula is C26H26N2O2. The van der Waals surface area contributed by atoms with E-state index >= 15 is 0 Å². The van der Waals surface area contributed by atoms with Crippen molar-refractivity contribution < 1.29 is 9.53 Å². The van der Waals surface area contributed by atoms with Gasteiger partial charge in [0.2, 0.25) is 5.91 Å². The van der Waals surface area contributed by atoms with Gasteiger partial charge in [0.1, 0.15) is 5.75 Å². The van der Waals surface area contributed by atoms with E-state index in [1.807, 2.05) is 24.3 Å². The van der Waals surface area contributed by atoms with Crippen LogP contribution >= 0.6 is 0 Å². The van der Waals surface area contributed by atoms with Crippen molar-refractivity contribution in [3.05, 3.63) is 101 Å². The van der Waals surface area contributed by atoms with E-state index in [0.29, 0.717) is 0 Å². The van der Waals surface area contributed by atoms with Gasteiger partial charge in [-0.25, -0.2) is 5.43 Å². The average molecular weight is 399 g/mol. The molecule has 30 heavy (non-hydrogen) atoms. The molecule has 0 heterocycles. The molecule has 3 aromatic carbocycles. The normalized spacial score (nSPS) is 17.0. The fourth-order valence-electron chi connectivity index (χ4n) is 4.10. The largest absolute Gasteiger partial charge is 0.496 e. The van der Waals surface area contributed by atoms with Gasteiger partial charge in [-0.2, -0.15) is 5.10 Å². The minimum Gasteiger partial charge on any atom is -0.496 e. The molecule has 0 saturated heterocycles. The lowest BCUT2D eigenvalue weighted by Gasteiger charge is -2.19. The maximum absolute atomic E-state index is 13.0. The summed E-state index contributed by atoms with van der Waals surface area (Å²) in [6, 6.07) is 24.6. The topological polar surface area (TPSA) is 50.7 Å². The maximum atomic E-state index is 13.0. The molecule has 3 aromatic rings. The number of para-hydroxylation sites is 1. The van der Waals surface area contributed by atoms with Crippen LogP contribution in [0.3, 0.4) is 0 Å². The predicted molar refractivity (Wildman–Crippen MR) is 120 cm³/mol. The Morgan fingerprint density at radius 1 is 0.967 bits per heavy atom. The minimum absolute atomic E-state index is 0.0673. The summed E-state index contributed by atoms with van der Waals surface area (Å²) in [5, 5.41) is 4.19. The third-order valence-electron chi connectivity index (χ3n) is 5.93. The first-order valence-electron chi connectivity index (χ1n) is 10.1. The highest BCUT2D eigenvalue weighted by molar-refractivity contribution is 5.88. The lowest BCUT2D eigenvalue weighted by atomic mass is 9.85. The van der Waals surface area contributed by atoms with Gasteiger partial charge in [-0.15, -0.1) is 0 Å². The fourth-order valence-corrected chi connectivity index (χ4v) is 4.10. The number of carbonyl (C=O) groups is 1. The van der Waals surface area contributed by atoms with E-state index in [2.05, 4.69) is 72.9 Å². The van der Waals surface area contributed by atoms with Crippen LogP contribution in [-0.4, -0.2) is 19.2 Å². The Morgan fingerprint density at radius 3 is 2.10 bits per heavy atom. The number of hydrogen-bond acceptors (Lipinski definition) is 3. The molecule has 0 bridgehead atoms. The highest BCUT2D eigenvalue weighted by Gasteiger charge is 2.60. The van der Waals surface area contributed by atoms with Gasteiger partial charge in [0.05, 0.1) is 19.2 Å². The Hall–Kier alpha value is -3.40. The first-order valence-corrected chi connectivity index (χ1v) is 10.1. The molecule has 4 nitrogen and oxygen atoms in total. The van der Waals surface area contributed by atoms with Crippen LogP contribution in [0.4, 0.5) is 0 Å². The number of benzene rings is 3. The summed E-state index contributed by atoms with van der Waals surface area (Å²) in [6.45, 7) is 4.15. The molecule has 152 valence electrons. The number of methoxy groups -OCH3 is 1. The maximum Gasteiger partial charge on any atom is 0.244 e. The third kappa shape index (κ3) is 3.73. The van der Waals surface area contributed by atoms with Gasteiger partial charge < -0.3 is 4.74 Å². The number of nitrogens with one attached hydrogen (secondary N) is 1. The number of rotatable bonds is 6. The van der Waals surface area contributed by atoms with E-state index in [1.165, 1.54) is 22.3 Å². The van der Waals surface area contributed by atoms with Crippen LogP contribution in [0, 0.1) is 19.8 Å². The van der Waals surface area contributed by atoms with Gasteiger partial charge in [-0.05, 0) is 43.5 Å². The second-order valence-electron chi connectivity index (χ2n) is 7.94. The molecule has 1 aliphatic carbocycles.